The molecule has 0 atom stereocenters. The molecule has 3 aromatic heterocycles. The van der Waals surface area contributed by atoms with Gasteiger partial charge in [0.25, 0.3) is 0 Å². The van der Waals surface area contributed by atoms with Crippen molar-refractivity contribution in [2.45, 2.75) is 0 Å². The zero-order valence-corrected chi connectivity index (χ0v) is 38.0. The first-order valence-electron chi connectivity index (χ1n) is 23.9. The Kier molecular flexibility index (Phi) is 9.17. The van der Waals surface area contributed by atoms with E-state index in [0.717, 1.165) is 72.6 Å². The van der Waals surface area contributed by atoms with Gasteiger partial charge in [-0.25, -0.2) is 9.97 Å². The van der Waals surface area contributed by atoms with Gasteiger partial charge in [0.1, 0.15) is 0 Å². The third-order valence-corrected chi connectivity index (χ3v) is 14.1. The minimum atomic E-state index is 0.828. The van der Waals surface area contributed by atoms with Crippen molar-refractivity contribution in [3.8, 4) is 67.3 Å². The summed E-state index contributed by atoms with van der Waals surface area (Å²) in [6.45, 7) is 0. The van der Waals surface area contributed by atoms with Gasteiger partial charge in [0.2, 0.25) is 0 Å². The summed E-state index contributed by atoms with van der Waals surface area (Å²) in [7, 11) is 0. The van der Waals surface area contributed by atoms with Crippen LogP contribution in [0.2, 0.25) is 0 Å². The molecule has 0 amide bonds. The van der Waals surface area contributed by atoms with Crippen LogP contribution in [-0.2, 0) is 0 Å². The second kappa shape index (κ2) is 16.2. The summed E-state index contributed by atoms with van der Waals surface area (Å²) in [5.74, 6) is 0. The SMILES string of the molecule is c1ccc(-c2ccc(-c3nc4ccc(-n5c6ccccc6c6cc7c8c9ccccc9c(-c9ccccc9)cc8n(-c8ccccc8)c7cc65)cc4nc3-c3ccc(-c4ccccc4)cc3)cc2)cc1. The highest BCUT2D eigenvalue weighted by Crippen LogP contribution is 2.45. The van der Waals surface area contributed by atoms with Crippen LogP contribution in [0.15, 0.2) is 255 Å². The highest BCUT2D eigenvalue weighted by molar-refractivity contribution is 6.27. The van der Waals surface area contributed by atoms with E-state index in [2.05, 4.69) is 264 Å². The van der Waals surface area contributed by atoms with Gasteiger partial charge >= 0.3 is 0 Å². The number of para-hydroxylation sites is 2. The van der Waals surface area contributed by atoms with Crippen LogP contribution < -0.4 is 0 Å². The van der Waals surface area contributed by atoms with Gasteiger partial charge in [0.15, 0.2) is 0 Å². The van der Waals surface area contributed by atoms with Crippen LogP contribution in [0.3, 0.4) is 0 Å². The van der Waals surface area contributed by atoms with Gasteiger partial charge in [-0.15, -0.1) is 0 Å². The lowest BCUT2D eigenvalue weighted by Crippen LogP contribution is -1.99. The van der Waals surface area contributed by atoms with Crippen LogP contribution in [0.1, 0.15) is 0 Å². The topological polar surface area (TPSA) is 35.6 Å². The van der Waals surface area contributed by atoms with Crippen LogP contribution in [0.5, 0.6) is 0 Å². The molecule has 0 radical (unpaired) electrons. The van der Waals surface area contributed by atoms with Crippen molar-refractivity contribution in [1.82, 2.24) is 19.1 Å². The lowest BCUT2D eigenvalue weighted by atomic mass is 9.94. The molecule has 326 valence electrons. The van der Waals surface area contributed by atoms with Gasteiger partial charge in [0.05, 0.1) is 44.5 Å². The van der Waals surface area contributed by atoms with Crippen LogP contribution in [0.4, 0.5) is 0 Å². The molecule has 4 heteroatoms. The summed E-state index contributed by atoms with van der Waals surface area (Å²) in [4.78, 5) is 11.0. The third kappa shape index (κ3) is 6.46. The molecule has 0 N–H and O–H groups in total. The zero-order valence-electron chi connectivity index (χ0n) is 38.0. The van der Waals surface area contributed by atoms with Gasteiger partial charge in [-0.1, -0.05) is 200 Å². The molecule has 0 aliphatic rings. The fourth-order valence-corrected chi connectivity index (χ4v) is 10.8. The molecular formula is C66H42N4. The van der Waals surface area contributed by atoms with E-state index in [1.807, 2.05) is 0 Å². The molecule has 14 rings (SSSR count). The third-order valence-electron chi connectivity index (χ3n) is 14.1. The first kappa shape index (κ1) is 39.8. The van der Waals surface area contributed by atoms with Crippen molar-refractivity contribution in [3.05, 3.63) is 255 Å². The summed E-state index contributed by atoms with van der Waals surface area (Å²) in [5.41, 5.74) is 19.2. The highest BCUT2D eigenvalue weighted by Gasteiger charge is 2.22. The van der Waals surface area contributed by atoms with Crippen LogP contribution >= 0.6 is 0 Å². The van der Waals surface area contributed by atoms with E-state index >= 15 is 0 Å². The number of rotatable bonds is 7. The Balaban J connectivity index is 0.995. The Labute approximate surface area is 404 Å². The summed E-state index contributed by atoms with van der Waals surface area (Å²) < 4.78 is 4.87. The largest absolute Gasteiger partial charge is 0.309 e. The standard InChI is InChI=1S/C66H42N4/c1-5-17-43(18-6-1)45-29-33-48(34-30-45)65-66(49-35-31-46(32-36-49)44-19-7-2-8-20-44)68-59-39-51(37-38-58(59)67-65)70-60-28-16-15-26-53(60)56-40-57-62(42-61(56)70)69(50-23-11-4-12-24-50)63-41-55(47-21-9-3-10-22-47)52-25-13-14-27-54(52)64(57)63/h1-42H. The lowest BCUT2D eigenvalue weighted by molar-refractivity contribution is 1.16. The first-order valence-corrected chi connectivity index (χ1v) is 23.9. The van der Waals surface area contributed by atoms with Gasteiger partial charge in [-0.05, 0) is 98.8 Å². The fourth-order valence-electron chi connectivity index (χ4n) is 10.8. The molecule has 0 aliphatic carbocycles. The molecule has 70 heavy (non-hydrogen) atoms. The summed E-state index contributed by atoms with van der Waals surface area (Å²) in [6, 6.07) is 91.6. The summed E-state index contributed by atoms with van der Waals surface area (Å²) in [5, 5.41) is 7.36. The molecule has 0 bridgehead atoms. The van der Waals surface area contributed by atoms with Crippen LogP contribution in [0, 0.1) is 0 Å². The average Bonchev–Trinajstić information content (AvgIpc) is 3.94. The van der Waals surface area contributed by atoms with Crippen molar-refractivity contribution in [3.63, 3.8) is 0 Å². The monoisotopic (exact) mass is 890 g/mol. The van der Waals surface area contributed by atoms with E-state index < -0.39 is 0 Å². The van der Waals surface area contributed by atoms with Gasteiger partial charge in [0, 0.05) is 44.0 Å². The van der Waals surface area contributed by atoms with Crippen LogP contribution in [-0.4, -0.2) is 19.1 Å². The van der Waals surface area contributed by atoms with Crippen molar-refractivity contribution in [1.29, 1.82) is 0 Å². The van der Waals surface area contributed by atoms with Crippen molar-refractivity contribution in [2.24, 2.45) is 0 Å². The van der Waals surface area contributed by atoms with Crippen molar-refractivity contribution >= 4 is 65.4 Å². The number of hydrogen-bond donors (Lipinski definition) is 0. The molecule has 14 aromatic rings. The number of aromatic nitrogens is 4. The molecule has 0 unspecified atom stereocenters. The quantitative estimate of drug-likeness (QED) is 0.160. The van der Waals surface area contributed by atoms with E-state index in [1.165, 1.54) is 60.1 Å². The highest BCUT2D eigenvalue weighted by atomic mass is 15.0. The Morgan fingerprint density at radius 1 is 0.243 bits per heavy atom. The predicted octanol–water partition coefficient (Wildman–Crippen LogP) is 17.3. The molecule has 11 aromatic carbocycles. The summed E-state index contributed by atoms with van der Waals surface area (Å²) >= 11 is 0. The Hall–Kier alpha value is -9.38. The fraction of sp³-hybridized carbons (Fsp3) is 0. The zero-order chi connectivity index (χ0) is 46.1. The molecule has 4 nitrogen and oxygen atoms in total. The number of fused-ring (bicyclic) bond motifs is 9. The Morgan fingerprint density at radius 2 is 0.714 bits per heavy atom. The number of nitrogens with zero attached hydrogens (tertiary/aromatic N) is 4. The van der Waals surface area contributed by atoms with Gasteiger partial charge in [-0.3, -0.25) is 0 Å². The maximum atomic E-state index is 5.55. The van der Waals surface area contributed by atoms with E-state index in [1.54, 1.807) is 0 Å². The minimum absolute atomic E-state index is 0.828. The Morgan fingerprint density at radius 3 is 1.34 bits per heavy atom. The van der Waals surface area contributed by atoms with E-state index in [-0.39, 0.29) is 0 Å². The van der Waals surface area contributed by atoms with E-state index in [0.29, 0.717) is 0 Å². The summed E-state index contributed by atoms with van der Waals surface area (Å²) in [6.07, 6.45) is 0. The molecule has 0 saturated carbocycles. The second-order valence-electron chi connectivity index (χ2n) is 18.1. The maximum absolute atomic E-state index is 5.55. The second-order valence-corrected chi connectivity index (χ2v) is 18.1. The normalized spacial score (nSPS) is 11.7. The van der Waals surface area contributed by atoms with E-state index in [9.17, 15) is 0 Å². The predicted molar refractivity (Wildman–Crippen MR) is 293 cm³/mol. The van der Waals surface area contributed by atoms with E-state index in [4.69, 9.17) is 9.97 Å². The van der Waals surface area contributed by atoms with Crippen LogP contribution in [0.25, 0.3) is 133 Å². The molecular weight excluding hydrogens is 849 g/mol. The first-order chi connectivity index (χ1) is 34.7. The molecule has 0 saturated heterocycles. The lowest BCUT2D eigenvalue weighted by Gasteiger charge is -2.14. The Bertz CT molecular complexity index is 4290. The van der Waals surface area contributed by atoms with Gasteiger partial charge < -0.3 is 9.13 Å². The van der Waals surface area contributed by atoms with Crippen molar-refractivity contribution in [2.75, 3.05) is 0 Å². The molecule has 0 spiro atoms. The minimum Gasteiger partial charge on any atom is -0.309 e. The average molecular weight is 891 g/mol. The van der Waals surface area contributed by atoms with Crippen molar-refractivity contribution < 1.29 is 0 Å². The maximum Gasteiger partial charge on any atom is 0.0973 e. The number of benzene rings is 11. The molecule has 3 heterocycles. The van der Waals surface area contributed by atoms with Gasteiger partial charge in [-0.2, -0.15) is 0 Å². The number of hydrogen-bond acceptors (Lipinski definition) is 2. The molecule has 0 fully saturated rings. The smallest absolute Gasteiger partial charge is 0.0973 e. The molecule has 0 aliphatic heterocycles.